The maximum absolute atomic E-state index is 13.9. The third-order valence-electron chi connectivity index (χ3n) is 7.14. The van der Waals surface area contributed by atoms with Crippen molar-refractivity contribution in [2.75, 3.05) is 19.9 Å². The van der Waals surface area contributed by atoms with Crippen LogP contribution in [0.25, 0.3) is 10.9 Å². The molecule has 1 unspecified atom stereocenters. The Balaban J connectivity index is 1.49. The first kappa shape index (κ1) is 26.2. The lowest BCUT2D eigenvalue weighted by Gasteiger charge is -2.40. The third kappa shape index (κ3) is 5.30. The fourth-order valence-corrected chi connectivity index (χ4v) is 5.39. The van der Waals surface area contributed by atoms with E-state index in [1.54, 1.807) is 42.0 Å². The van der Waals surface area contributed by atoms with E-state index in [0.29, 0.717) is 41.5 Å². The number of pyridine rings is 1. The Bertz CT molecular complexity index is 1440. The molecule has 0 radical (unpaired) electrons. The molecule has 1 aromatic carbocycles. The van der Waals surface area contributed by atoms with Crippen molar-refractivity contribution in [3.63, 3.8) is 0 Å². The number of benzene rings is 1. The number of nitrogens with one attached hydrogen (secondary N) is 1. The number of rotatable bonds is 7. The standard InChI is InChI=1S/C30H32N4O5/c1-2-3-4-7-14-31-15-9-16-33-19-24(35)34-27(21-10-8-17-38-20-39-18-13-21)26-25(28(34)30(33)37)29(36)22-11-5-6-12-23(22)32-26/h3-8,11-15,17-18,21,27-28H,2,9-10,16,19-20H2,1H3,(H,32,36)/b4-3-,14-7-,17-8+,18-13+,31-15?/t21?,27-,28-/m1/s1. The Labute approximate surface area is 226 Å². The van der Waals surface area contributed by atoms with Crippen LogP contribution in [0.5, 0.6) is 0 Å². The van der Waals surface area contributed by atoms with Gasteiger partial charge in [-0.2, -0.15) is 0 Å². The van der Waals surface area contributed by atoms with E-state index in [1.165, 1.54) is 4.90 Å². The number of carbonyl (C=O) groups excluding carboxylic acids is 2. The van der Waals surface area contributed by atoms with Crippen LogP contribution >= 0.6 is 0 Å². The topological polar surface area (TPSA) is 104 Å². The number of allylic oxidation sites excluding steroid dienone is 4. The molecule has 3 aliphatic heterocycles. The summed E-state index contributed by atoms with van der Waals surface area (Å²) in [4.78, 5) is 52.2. The molecule has 1 saturated heterocycles. The number of hydrogen-bond donors (Lipinski definition) is 1. The van der Waals surface area contributed by atoms with E-state index in [0.717, 1.165) is 6.42 Å². The number of aliphatic imine (C=N–C) groups is 1. The molecule has 0 saturated carbocycles. The number of aromatic nitrogens is 1. The van der Waals surface area contributed by atoms with Gasteiger partial charge in [-0.25, -0.2) is 0 Å². The Hall–Kier alpha value is -4.40. The van der Waals surface area contributed by atoms with Gasteiger partial charge in [-0.1, -0.05) is 31.2 Å². The molecule has 1 N–H and O–H groups in total. The van der Waals surface area contributed by atoms with Gasteiger partial charge in [0.05, 0.1) is 30.7 Å². The van der Waals surface area contributed by atoms with Gasteiger partial charge in [0, 0.05) is 47.9 Å². The fraction of sp³-hybridized carbons (Fsp3) is 0.333. The number of piperazine rings is 1. The van der Waals surface area contributed by atoms with Crippen LogP contribution in [-0.4, -0.2) is 52.7 Å². The summed E-state index contributed by atoms with van der Waals surface area (Å²) in [5.74, 6) is -0.697. The molecule has 2 aromatic rings. The molecule has 4 heterocycles. The summed E-state index contributed by atoms with van der Waals surface area (Å²) in [7, 11) is 0. The molecule has 0 bridgehead atoms. The number of carbonyl (C=O) groups is 2. The van der Waals surface area contributed by atoms with E-state index in [1.807, 2.05) is 42.5 Å². The monoisotopic (exact) mass is 528 g/mol. The number of hydrogen-bond acceptors (Lipinski definition) is 6. The first-order valence-electron chi connectivity index (χ1n) is 13.2. The SMILES string of the molecule is CC/C=C\C=C/N=CCCN1CC(=O)N2[C@@H](C1=O)c1c([nH]c3ccccc3c1=O)[C@H]2C1/C=C/OCO/C=C/C1. The van der Waals surface area contributed by atoms with Crippen LogP contribution < -0.4 is 5.43 Å². The van der Waals surface area contributed by atoms with E-state index in [-0.39, 0.29) is 36.5 Å². The highest BCUT2D eigenvalue weighted by Gasteiger charge is 2.53. The molecule has 202 valence electrons. The van der Waals surface area contributed by atoms with Crippen LogP contribution in [0.1, 0.15) is 49.5 Å². The minimum atomic E-state index is -0.988. The average molecular weight is 529 g/mol. The van der Waals surface area contributed by atoms with Crippen LogP contribution in [0.2, 0.25) is 0 Å². The van der Waals surface area contributed by atoms with Crippen molar-refractivity contribution in [1.29, 1.82) is 0 Å². The van der Waals surface area contributed by atoms with Gasteiger partial charge in [-0.05, 0) is 43.2 Å². The van der Waals surface area contributed by atoms with Crippen LogP contribution in [0.3, 0.4) is 0 Å². The highest BCUT2D eigenvalue weighted by atomic mass is 16.7. The second kappa shape index (κ2) is 12.0. The van der Waals surface area contributed by atoms with Gasteiger partial charge < -0.3 is 24.3 Å². The summed E-state index contributed by atoms with van der Waals surface area (Å²) >= 11 is 0. The molecule has 0 aliphatic carbocycles. The third-order valence-corrected chi connectivity index (χ3v) is 7.14. The predicted octanol–water partition coefficient (Wildman–Crippen LogP) is 4.27. The van der Waals surface area contributed by atoms with Crippen molar-refractivity contribution < 1.29 is 19.1 Å². The second-order valence-electron chi connectivity index (χ2n) is 9.58. The zero-order valence-corrected chi connectivity index (χ0v) is 21.9. The number of nitrogens with zero attached hydrogens (tertiary/aromatic N) is 3. The minimum Gasteiger partial charge on any atom is -0.465 e. The van der Waals surface area contributed by atoms with E-state index < -0.39 is 12.1 Å². The summed E-state index contributed by atoms with van der Waals surface area (Å²) in [5.41, 5.74) is 1.38. The van der Waals surface area contributed by atoms with E-state index in [4.69, 9.17) is 9.47 Å². The van der Waals surface area contributed by atoms with E-state index >= 15 is 0 Å². The average Bonchev–Trinajstić information content (AvgIpc) is 3.35. The smallest absolute Gasteiger partial charge is 0.250 e. The van der Waals surface area contributed by atoms with Gasteiger partial charge in [0.2, 0.25) is 12.7 Å². The maximum Gasteiger partial charge on any atom is 0.250 e. The van der Waals surface area contributed by atoms with Gasteiger partial charge >= 0.3 is 0 Å². The second-order valence-corrected chi connectivity index (χ2v) is 9.58. The maximum atomic E-state index is 13.9. The zero-order chi connectivity index (χ0) is 27.2. The number of aromatic amines is 1. The van der Waals surface area contributed by atoms with Gasteiger partial charge in [0.25, 0.3) is 5.91 Å². The molecule has 0 spiro atoms. The summed E-state index contributed by atoms with van der Waals surface area (Å²) in [6, 6.07) is 5.70. The summed E-state index contributed by atoms with van der Waals surface area (Å²) in [6.45, 7) is 2.42. The highest BCUT2D eigenvalue weighted by molar-refractivity contribution is 5.98. The van der Waals surface area contributed by atoms with Crippen molar-refractivity contribution in [3.05, 3.63) is 94.9 Å². The van der Waals surface area contributed by atoms with E-state index in [2.05, 4.69) is 16.9 Å². The van der Waals surface area contributed by atoms with Crippen molar-refractivity contribution in [2.45, 2.75) is 38.3 Å². The molecule has 3 atom stereocenters. The van der Waals surface area contributed by atoms with Gasteiger partial charge in [-0.15, -0.1) is 0 Å². The summed E-state index contributed by atoms with van der Waals surface area (Å²) < 4.78 is 10.7. The normalized spacial score (nSPS) is 24.9. The number of fused-ring (bicyclic) bond motifs is 4. The molecule has 2 amide bonds. The van der Waals surface area contributed by atoms with Crippen LogP contribution in [0, 0.1) is 5.92 Å². The Kier molecular flexibility index (Phi) is 8.05. The Morgan fingerprint density at radius 1 is 1.13 bits per heavy atom. The Morgan fingerprint density at radius 2 is 1.97 bits per heavy atom. The first-order valence-corrected chi connectivity index (χ1v) is 13.2. The first-order chi connectivity index (χ1) is 19.1. The van der Waals surface area contributed by atoms with Crippen molar-refractivity contribution >= 4 is 28.9 Å². The van der Waals surface area contributed by atoms with Gasteiger partial charge in [-0.3, -0.25) is 19.4 Å². The molecule has 1 aromatic heterocycles. The van der Waals surface area contributed by atoms with Crippen molar-refractivity contribution in [3.8, 4) is 0 Å². The lowest BCUT2D eigenvalue weighted by molar-refractivity contribution is -0.158. The van der Waals surface area contributed by atoms with Crippen LogP contribution in [0.4, 0.5) is 0 Å². The number of amides is 2. The highest BCUT2D eigenvalue weighted by Crippen LogP contribution is 2.48. The molecule has 9 heteroatoms. The molecular weight excluding hydrogens is 496 g/mol. The molecule has 5 rings (SSSR count). The van der Waals surface area contributed by atoms with Gasteiger partial charge in [0.1, 0.15) is 6.04 Å². The van der Waals surface area contributed by atoms with Crippen molar-refractivity contribution in [2.24, 2.45) is 10.9 Å². The zero-order valence-electron chi connectivity index (χ0n) is 21.9. The molecule has 1 fully saturated rings. The number of H-pyrrole nitrogens is 1. The molecule has 3 aliphatic rings. The number of ether oxygens (including phenoxy) is 2. The van der Waals surface area contributed by atoms with Crippen molar-refractivity contribution in [1.82, 2.24) is 14.8 Å². The summed E-state index contributed by atoms with van der Waals surface area (Å²) in [6.07, 6.45) is 18.0. The van der Waals surface area contributed by atoms with Gasteiger partial charge in [0.15, 0.2) is 5.43 Å². The lowest BCUT2D eigenvalue weighted by Crippen LogP contribution is -2.55. The quantitative estimate of drug-likeness (QED) is 0.427. The van der Waals surface area contributed by atoms with Crippen LogP contribution in [0.15, 0.2) is 83.2 Å². The summed E-state index contributed by atoms with van der Waals surface area (Å²) in [5, 5.41) is 0.493. The fourth-order valence-electron chi connectivity index (χ4n) is 5.39. The van der Waals surface area contributed by atoms with Crippen LogP contribution in [-0.2, 0) is 19.1 Å². The Morgan fingerprint density at radius 3 is 2.85 bits per heavy atom. The molecular formula is C30H32N4O5. The van der Waals surface area contributed by atoms with E-state index in [9.17, 15) is 14.4 Å². The number of para-hydroxylation sites is 1. The molecule has 9 nitrogen and oxygen atoms in total. The lowest BCUT2D eigenvalue weighted by atomic mass is 9.92. The molecule has 39 heavy (non-hydrogen) atoms. The predicted molar refractivity (Wildman–Crippen MR) is 149 cm³/mol. The largest absolute Gasteiger partial charge is 0.465 e. The minimum absolute atomic E-state index is 0.0532.